The molecule has 0 aliphatic heterocycles. The first kappa shape index (κ1) is 10.1. The summed E-state index contributed by atoms with van der Waals surface area (Å²) in [5.41, 5.74) is 2.36. The SMILES string of the molecule is CCc1ccc(Br)c2scc(CO)c12. The minimum absolute atomic E-state index is 0.128. The largest absolute Gasteiger partial charge is 0.392 e. The van der Waals surface area contributed by atoms with E-state index in [-0.39, 0.29) is 6.61 Å². The van der Waals surface area contributed by atoms with Crippen LogP contribution >= 0.6 is 27.3 Å². The molecular formula is C11H11BrOS. The summed E-state index contributed by atoms with van der Waals surface area (Å²) in [7, 11) is 0. The third-order valence-corrected chi connectivity index (χ3v) is 4.37. The average molecular weight is 271 g/mol. The molecule has 0 aliphatic carbocycles. The Morgan fingerprint density at radius 1 is 1.36 bits per heavy atom. The zero-order valence-corrected chi connectivity index (χ0v) is 10.3. The molecule has 0 saturated carbocycles. The van der Waals surface area contributed by atoms with E-state index in [2.05, 4.69) is 35.0 Å². The Kier molecular flexibility index (Phi) is 2.91. The molecule has 1 aromatic carbocycles. The first-order valence-electron chi connectivity index (χ1n) is 4.56. The van der Waals surface area contributed by atoms with E-state index in [0.717, 1.165) is 16.5 Å². The normalized spacial score (nSPS) is 11.1. The molecule has 1 aromatic heterocycles. The van der Waals surface area contributed by atoms with Crippen LogP contribution in [0.15, 0.2) is 22.0 Å². The predicted molar refractivity (Wildman–Crippen MR) is 64.8 cm³/mol. The number of aliphatic hydroxyl groups is 1. The van der Waals surface area contributed by atoms with Gasteiger partial charge >= 0.3 is 0 Å². The van der Waals surface area contributed by atoms with Crippen LogP contribution in [0.2, 0.25) is 0 Å². The maximum absolute atomic E-state index is 9.23. The second kappa shape index (κ2) is 4.01. The fourth-order valence-corrected chi connectivity index (χ4v) is 3.29. The number of halogens is 1. The van der Waals surface area contributed by atoms with E-state index < -0.39 is 0 Å². The van der Waals surface area contributed by atoms with Crippen molar-refractivity contribution in [1.82, 2.24) is 0 Å². The minimum atomic E-state index is 0.128. The second-order valence-corrected chi connectivity index (χ2v) is 4.92. The molecular weight excluding hydrogens is 260 g/mol. The zero-order chi connectivity index (χ0) is 10.1. The number of fused-ring (bicyclic) bond motifs is 1. The van der Waals surface area contributed by atoms with E-state index in [1.54, 1.807) is 11.3 Å². The Hall–Kier alpha value is -0.380. The Balaban J connectivity index is 2.82. The number of thiophene rings is 1. The van der Waals surface area contributed by atoms with E-state index in [1.807, 2.05) is 5.38 Å². The van der Waals surface area contributed by atoms with Crippen molar-refractivity contribution in [3.63, 3.8) is 0 Å². The summed E-state index contributed by atoms with van der Waals surface area (Å²) in [4.78, 5) is 0. The molecule has 14 heavy (non-hydrogen) atoms. The Labute approximate surface area is 95.5 Å². The summed E-state index contributed by atoms with van der Waals surface area (Å²) in [5.74, 6) is 0. The molecule has 1 heterocycles. The third kappa shape index (κ3) is 1.49. The predicted octanol–water partition coefficient (Wildman–Crippen LogP) is 3.72. The summed E-state index contributed by atoms with van der Waals surface area (Å²) in [6, 6.07) is 4.21. The van der Waals surface area contributed by atoms with Crippen LogP contribution in [0.1, 0.15) is 18.1 Å². The summed E-state index contributed by atoms with van der Waals surface area (Å²) >= 11 is 5.22. The highest BCUT2D eigenvalue weighted by atomic mass is 79.9. The Bertz CT molecular complexity index is 462. The molecule has 0 spiro atoms. The van der Waals surface area contributed by atoms with Crippen LogP contribution in [-0.4, -0.2) is 5.11 Å². The maximum Gasteiger partial charge on any atom is 0.0696 e. The molecule has 0 bridgehead atoms. The molecule has 0 atom stereocenters. The number of hydrogen-bond acceptors (Lipinski definition) is 2. The molecule has 74 valence electrons. The lowest BCUT2D eigenvalue weighted by Gasteiger charge is -2.03. The number of aliphatic hydroxyl groups excluding tert-OH is 1. The van der Waals surface area contributed by atoms with Gasteiger partial charge in [-0.2, -0.15) is 0 Å². The quantitative estimate of drug-likeness (QED) is 0.882. The zero-order valence-electron chi connectivity index (χ0n) is 7.88. The number of rotatable bonds is 2. The van der Waals surface area contributed by atoms with E-state index in [1.165, 1.54) is 15.6 Å². The number of benzene rings is 1. The van der Waals surface area contributed by atoms with Crippen molar-refractivity contribution in [1.29, 1.82) is 0 Å². The molecule has 1 N–H and O–H groups in total. The highest BCUT2D eigenvalue weighted by Gasteiger charge is 2.09. The molecule has 0 radical (unpaired) electrons. The smallest absolute Gasteiger partial charge is 0.0696 e. The fourth-order valence-electron chi connectivity index (χ4n) is 1.67. The van der Waals surface area contributed by atoms with Gasteiger partial charge in [-0.25, -0.2) is 0 Å². The second-order valence-electron chi connectivity index (χ2n) is 3.18. The molecule has 3 heteroatoms. The number of aryl methyl sites for hydroxylation is 1. The van der Waals surface area contributed by atoms with E-state index in [9.17, 15) is 5.11 Å². The molecule has 2 aromatic rings. The lowest BCUT2D eigenvalue weighted by atomic mass is 10.1. The fraction of sp³-hybridized carbons (Fsp3) is 0.273. The highest BCUT2D eigenvalue weighted by molar-refractivity contribution is 9.10. The van der Waals surface area contributed by atoms with Gasteiger partial charge in [0.05, 0.1) is 6.61 Å². The van der Waals surface area contributed by atoms with Crippen molar-refractivity contribution < 1.29 is 5.11 Å². The van der Waals surface area contributed by atoms with Gasteiger partial charge in [-0.05, 0) is 44.9 Å². The van der Waals surface area contributed by atoms with Gasteiger partial charge in [-0.3, -0.25) is 0 Å². The van der Waals surface area contributed by atoms with Crippen molar-refractivity contribution in [2.75, 3.05) is 0 Å². The van der Waals surface area contributed by atoms with Crippen LogP contribution in [0.4, 0.5) is 0 Å². The Morgan fingerprint density at radius 3 is 2.79 bits per heavy atom. The highest BCUT2D eigenvalue weighted by Crippen LogP contribution is 2.35. The molecule has 0 aliphatic rings. The first-order valence-corrected chi connectivity index (χ1v) is 6.23. The topological polar surface area (TPSA) is 20.2 Å². The van der Waals surface area contributed by atoms with Gasteiger partial charge in [0.1, 0.15) is 0 Å². The van der Waals surface area contributed by atoms with Gasteiger partial charge in [0, 0.05) is 14.6 Å². The molecule has 0 amide bonds. The van der Waals surface area contributed by atoms with Crippen LogP contribution in [-0.2, 0) is 13.0 Å². The van der Waals surface area contributed by atoms with Crippen molar-refractivity contribution >= 4 is 37.4 Å². The molecule has 0 unspecified atom stereocenters. The summed E-state index contributed by atoms with van der Waals surface area (Å²) in [5, 5.41) is 12.5. The van der Waals surface area contributed by atoms with Crippen molar-refractivity contribution in [3.8, 4) is 0 Å². The van der Waals surface area contributed by atoms with Gasteiger partial charge in [-0.1, -0.05) is 13.0 Å². The lowest BCUT2D eigenvalue weighted by molar-refractivity contribution is 0.283. The van der Waals surface area contributed by atoms with Crippen LogP contribution in [0.3, 0.4) is 0 Å². The van der Waals surface area contributed by atoms with Gasteiger partial charge in [0.15, 0.2) is 0 Å². The van der Waals surface area contributed by atoms with Crippen molar-refractivity contribution in [2.45, 2.75) is 20.0 Å². The standard InChI is InChI=1S/C11H11BrOS/c1-2-7-3-4-9(12)11-10(7)8(5-13)6-14-11/h3-4,6,13H,2,5H2,1H3. The summed E-state index contributed by atoms with van der Waals surface area (Å²) in [6.45, 7) is 2.27. The van der Waals surface area contributed by atoms with Crippen molar-refractivity contribution in [3.05, 3.63) is 33.1 Å². The van der Waals surface area contributed by atoms with E-state index in [4.69, 9.17) is 0 Å². The molecule has 1 nitrogen and oxygen atoms in total. The van der Waals surface area contributed by atoms with E-state index >= 15 is 0 Å². The molecule has 2 rings (SSSR count). The van der Waals surface area contributed by atoms with Gasteiger partial charge < -0.3 is 5.11 Å². The summed E-state index contributed by atoms with van der Waals surface area (Å²) in [6.07, 6.45) is 1.01. The van der Waals surface area contributed by atoms with Crippen molar-refractivity contribution in [2.24, 2.45) is 0 Å². The van der Waals surface area contributed by atoms with E-state index in [0.29, 0.717) is 0 Å². The first-order chi connectivity index (χ1) is 6.77. The van der Waals surface area contributed by atoms with Gasteiger partial charge in [0.25, 0.3) is 0 Å². The van der Waals surface area contributed by atoms with Crippen LogP contribution in [0, 0.1) is 0 Å². The van der Waals surface area contributed by atoms with Gasteiger partial charge in [0.2, 0.25) is 0 Å². The summed E-state index contributed by atoms with van der Waals surface area (Å²) < 4.78 is 2.36. The van der Waals surface area contributed by atoms with Crippen LogP contribution in [0.25, 0.3) is 10.1 Å². The number of hydrogen-bond donors (Lipinski definition) is 1. The third-order valence-electron chi connectivity index (χ3n) is 2.39. The van der Waals surface area contributed by atoms with Crippen LogP contribution < -0.4 is 0 Å². The lowest BCUT2D eigenvalue weighted by Crippen LogP contribution is -1.86. The van der Waals surface area contributed by atoms with Gasteiger partial charge in [-0.15, -0.1) is 11.3 Å². The molecule has 0 saturated heterocycles. The maximum atomic E-state index is 9.23. The monoisotopic (exact) mass is 270 g/mol. The molecule has 0 fully saturated rings. The average Bonchev–Trinajstić information content (AvgIpc) is 2.63. The minimum Gasteiger partial charge on any atom is -0.392 e. The Morgan fingerprint density at radius 2 is 2.14 bits per heavy atom. The van der Waals surface area contributed by atoms with Crippen LogP contribution in [0.5, 0.6) is 0 Å².